The van der Waals surface area contributed by atoms with Crippen LogP contribution >= 0.6 is 0 Å². The summed E-state index contributed by atoms with van der Waals surface area (Å²) in [6.07, 6.45) is 1.40. The molecular formula is C21H23N5O6. The molecule has 2 aromatic heterocycles. The van der Waals surface area contributed by atoms with Crippen LogP contribution in [-0.2, 0) is 13.2 Å². The Morgan fingerprint density at radius 2 is 2.03 bits per heavy atom. The summed E-state index contributed by atoms with van der Waals surface area (Å²) < 4.78 is 12.5. The van der Waals surface area contributed by atoms with Crippen LogP contribution in [0.2, 0.25) is 0 Å². The van der Waals surface area contributed by atoms with Crippen molar-refractivity contribution in [2.24, 2.45) is 0 Å². The fourth-order valence-electron chi connectivity index (χ4n) is 2.96. The van der Waals surface area contributed by atoms with E-state index in [0.717, 1.165) is 5.56 Å². The van der Waals surface area contributed by atoms with E-state index in [2.05, 4.69) is 10.4 Å². The number of hydrogen-bond donors (Lipinski definition) is 1. The number of anilines is 1. The Morgan fingerprint density at radius 3 is 2.69 bits per heavy atom. The highest BCUT2D eigenvalue weighted by atomic mass is 16.6. The van der Waals surface area contributed by atoms with Crippen molar-refractivity contribution in [3.63, 3.8) is 0 Å². The molecule has 1 aromatic carbocycles. The molecule has 32 heavy (non-hydrogen) atoms. The third-order valence-electron chi connectivity index (χ3n) is 4.56. The Labute approximate surface area is 183 Å². The maximum atomic E-state index is 12.6. The van der Waals surface area contributed by atoms with E-state index in [4.69, 9.17) is 9.15 Å². The zero-order chi connectivity index (χ0) is 23.4. The number of ether oxygens (including phenoxy) is 1. The van der Waals surface area contributed by atoms with E-state index in [1.54, 1.807) is 27.1 Å². The van der Waals surface area contributed by atoms with Crippen LogP contribution in [0.1, 0.15) is 39.3 Å². The number of amides is 2. The predicted octanol–water partition coefficient (Wildman–Crippen LogP) is 3.25. The molecule has 0 aliphatic rings. The molecule has 3 rings (SSSR count). The maximum Gasteiger partial charge on any atom is 0.311 e. The SMILES string of the molecule is CCn1ncc(NC(=O)c2ccc(COc3ccc(C)cc3[N+](=O)[O-])o2)c1C(=O)N(C)C. The first-order valence-electron chi connectivity index (χ1n) is 9.76. The lowest BCUT2D eigenvalue weighted by atomic mass is 10.2. The molecule has 0 saturated carbocycles. The lowest BCUT2D eigenvalue weighted by Crippen LogP contribution is -2.26. The molecule has 11 nitrogen and oxygen atoms in total. The molecule has 1 N–H and O–H groups in total. The number of carbonyl (C=O) groups is 2. The summed E-state index contributed by atoms with van der Waals surface area (Å²) in [6, 6.07) is 7.62. The van der Waals surface area contributed by atoms with E-state index in [1.807, 2.05) is 6.92 Å². The minimum Gasteiger partial charge on any atom is -0.479 e. The zero-order valence-electron chi connectivity index (χ0n) is 18.1. The average molecular weight is 441 g/mol. The molecule has 0 spiro atoms. The minimum atomic E-state index is -0.568. The van der Waals surface area contributed by atoms with Gasteiger partial charge in [0, 0.05) is 26.7 Å². The number of furan rings is 1. The molecule has 0 aliphatic heterocycles. The van der Waals surface area contributed by atoms with Crippen LogP contribution in [-0.4, -0.2) is 45.5 Å². The summed E-state index contributed by atoms with van der Waals surface area (Å²) in [4.78, 5) is 37.2. The Kier molecular flexibility index (Phi) is 6.57. The van der Waals surface area contributed by atoms with Crippen molar-refractivity contribution in [3.05, 3.63) is 69.4 Å². The van der Waals surface area contributed by atoms with Gasteiger partial charge >= 0.3 is 5.69 Å². The van der Waals surface area contributed by atoms with Gasteiger partial charge < -0.3 is 19.4 Å². The van der Waals surface area contributed by atoms with Gasteiger partial charge in [0.15, 0.2) is 11.5 Å². The molecule has 3 aromatic rings. The maximum absolute atomic E-state index is 12.6. The second kappa shape index (κ2) is 9.33. The smallest absolute Gasteiger partial charge is 0.311 e. The first-order valence-corrected chi connectivity index (χ1v) is 9.76. The van der Waals surface area contributed by atoms with Crippen molar-refractivity contribution >= 4 is 23.2 Å². The van der Waals surface area contributed by atoms with Gasteiger partial charge in [-0.2, -0.15) is 5.10 Å². The summed E-state index contributed by atoms with van der Waals surface area (Å²) in [5, 5.41) is 18.0. The van der Waals surface area contributed by atoms with Crippen LogP contribution in [0.3, 0.4) is 0 Å². The molecule has 2 amide bonds. The standard InChI is InChI=1S/C21H23N5O6/c1-5-25-19(21(28)24(3)4)15(11-22-25)23-20(27)18-9-7-14(32-18)12-31-17-8-6-13(2)10-16(17)26(29)30/h6-11H,5,12H2,1-4H3,(H,23,27). The highest BCUT2D eigenvalue weighted by Crippen LogP contribution is 2.28. The molecule has 0 fully saturated rings. The zero-order valence-corrected chi connectivity index (χ0v) is 18.1. The highest BCUT2D eigenvalue weighted by Gasteiger charge is 2.23. The van der Waals surface area contributed by atoms with Crippen LogP contribution in [0.5, 0.6) is 5.75 Å². The van der Waals surface area contributed by atoms with E-state index in [0.29, 0.717) is 12.3 Å². The van der Waals surface area contributed by atoms with Crippen molar-refractivity contribution < 1.29 is 23.7 Å². The number of nitrogens with zero attached hydrogens (tertiary/aromatic N) is 4. The van der Waals surface area contributed by atoms with E-state index >= 15 is 0 Å². The van der Waals surface area contributed by atoms with Crippen LogP contribution in [0.25, 0.3) is 0 Å². The summed E-state index contributed by atoms with van der Waals surface area (Å²) in [5.74, 6) is -0.468. The molecule has 0 bridgehead atoms. The van der Waals surface area contributed by atoms with Crippen molar-refractivity contribution in [2.45, 2.75) is 27.0 Å². The number of hydrogen-bond acceptors (Lipinski definition) is 7. The molecule has 0 saturated heterocycles. The fourth-order valence-corrected chi connectivity index (χ4v) is 2.96. The van der Waals surface area contributed by atoms with Gasteiger partial charge in [-0.3, -0.25) is 24.4 Å². The van der Waals surface area contributed by atoms with Crippen molar-refractivity contribution in [2.75, 3.05) is 19.4 Å². The summed E-state index contributed by atoms with van der Waals surface area (Å²) in [7, 11) is 3.22. The van der Waals surface area contributed by atoms with E-state index in [1.165, 1.54) is 40.0 Å². The molecule has 0 unspecified atom stereocenters. The molecular weight excluding hydrogens is 418 g/mol. The quantitative estimate of drug-likeness (QED) is 0.419. The Bertz CT molecular complexity index is 1160. The topological polar surface area (TPSA) is 133 Å². The molecule has 2 heterocycles. The monoisotopic (exact) mass is 441 g/mol. The summed E-state index contributed by atoms with van der Waals surface area (Å²) >= 11 is 0. The average Bonchev–Trinajstić information content (AvgIpc) is 3.39. The van der Waals surface area contributed by atoms with Gasteiger partial charge in [-0.15, -0.1) is 0 Å². The van der Waals surface area contributed by atoms with Gasteiger partial charge in [-0.25, -0.2) is 0 Å². The van der Waals surface area contributed by atoms with Crippen molar-refractivity contribution in [3.8, 4) is 5.75 Å². The summed E-state index contributed by atoms with van der Waals surface area (Å²) in [6.45, 7) is 3.94. The second-order valence-corrected chi connectivity index (χ2v) is 7.16. The third-order valence-corrected chi connectivity index (χ3v) is 4.56. The normalized spacial score (nSPS) is 10.6. The van der Waals surface area contributed by atoms with Crippen LogP contribution in [0, 0.1) is 17.0 Å². The number of carbonyl (C=O) groups excluding carboxylic acids is 2. The lowest BCUT2D eigenvalue weighted by Gasteiger charge is -2.13. The molecule has 0 radical (unpaired) electrons. The van der Waals surface area contributed by atoms with Gasteiger partial charge in [-0.1, -0.05) is 6.07 Å². The van der Waals surface area contributed by atoms with Crippen LogP contribution in [0.4, 0.5) is 11.4 Å². The van der Waals surface area contributed by atoms with Gasteiger partial charge in [0.25, 0.3) is 11.8 Å². The number of nitro benzene ring substituents is 1. The number of aryl methyl sites for hydroxylation is 2. The van der Waals surface area contributed by atoms with Gasteiger partial charge in [0.1, 0.15) is 18.1 Å². The number of rotatable bonds is 8. The number of nitrogens with one attached hydrogen (secondary N) is 1. The van der Waals surface area contributed by atoms with Crippen molar-refractivity contribution in [1.82, 2.24) is 14.7 Å². The Morgan fingerprint density at radius 1 is 1.28 bits per heavy atom. The third kappa shape index (κ3) is 4.77. The molecule has 0 atom stereocenters. The van der Waals surface area contributed by atoms with Gasteiger partial charge in [0.2, 0.25) is 0 Å². The first-order chi connectivity index (χ1) is 15.2. The lowest BCUT2D eigenvalue weighted by molar-refractivity contribution is -0.386. The number of benzene rings is 1. The van der Waals surface area contributed by atoms with Crippen LogP contribution in [0.15, 0.2) is 40.9 Å². The Hall–Kier alpha value is -4.15. The van der Waals surface area contributed by atoms with E-state index in [-0.39, 0.29) is 41.1 Å². The fraction of sp³-hybridized carbons (Fsp3) is 0.286. The first kappa shape index (κ1) is 22.5. The van der Waals surface area contributed by atoms with Gasteiger partial charge in [0.05, 0.1) is 16.8 Å². The second-order valence-electron chi connectivity index (χ2n) is 7.16. The molecule has 168 valence electrons. The molecule has 0 aliphatic carbocycles. The minimum absolute atomic E-state index is 0.00509. The van der Waals surface area contributed by atoms with Gasteiger partial charge in [-0.05, 0) is 37.6 Å². The number of aromatic nitrogens is 2. The van der Waals surface area contributed by atoms with Crippen LogP contribution < -0.4 is 10.1 Å². The molecule has 11 heteroatoms. The number of nitro groups is 1. The largest absolute Gasteiger partial charge is 0.479 e. The summed E-state index contributed by atoms with van der Waals surface area (Å²) in [5.41, 5.74) is 1.10. The Balaban J connectivity index is 1.72. The highest BCUT2D eigenvalue weighted by molar-refractivity contribution is 6.07. The van der Waals surface area contributed by atoms with Crippen molar-refractivity contribution in [1.29, 1.82) is 0 Å². The predicted molar refractivity (Wildman–Crippen MR) is 115 cm³/mol. The van der Waals surface area contributed by atoms with E-state index < -0.39 is 10.8 Å². The van der Waals surface area contributed by atoms with E-state index in [9.17, 15) is 19.7 Å².